The molecule has 1 atom stereocenters. The van der Waals surface area contributed by atoms with Crippen molar-refractivity contribution in [2.24, 2.45) is 0 Å². The van der Waals surface area contributed by atoms with Crippen LogP contribution in [0.1, 0.15) is 43.9 Å². The van der Waals surface area contributed by atoms with Crippen LogP contribution in [0.5, 0.6) is 0 Å². The van der Waals surface area contributed by atoms with E-state index in [0.29, 0.717) is 17.6 Å². The van der Waals surface area contributed by atoms with Gasteiger partial charge >= 0.3 is 0 Å². The van der Waals surface area contributed by atoms with Crippen molar-refractivity contribution >= 4 is 11.6 Å². The minimum Gasteiger partial charge on any atom is -0.350 e. The lowest BCUT2D eigenvalue weighted by molar-refractivity contribution is 0.517. The van der Waals surface area contributed by atoms with Gasteiger partial charge in [0.05, 0.1) is 0 Å². The number of benzene rings is 1. The molecule has 0 saturated heterocycles. The van der Waals surface area contributed by atoms with Gasteiger partial charge in [-0.2, -0.15) is 0 Å². The molecule has 21 heavy (non-hydrogen) atoms. The molecule has 2 rings (SSSR count). The van der Waals surface area contributed by atoms with Gasteiger partial charge in [0.25, 0.3) is 0 Å². The van der Waals surface area contributed by atoms with Crippen LogP contribution >= 0.6 is 11.6 Å². The van der Waals surface area contributed by atoms with Crippen molar-refractivity contribution in [1.82, 2.24) is 9.88 Å². The maximum absolute atomic E-state index is 13.3. The lowest BCUT2D eigenvalue weighted by Gasteiger charge is -2.15. The summed E-state index contributed by atoms with van der Waals surface area (Å²) < 4.78 is 15.3. The van der Waals surface area contributed by atoms with E-state index in [1.165, 1.54) is 17.7 Å². The Bertz CT molecular complexity index is 580. The zero-order valence-corrected chi connectivity index (χ0v) is 13.3. The highest BCUT2D eigenvalue weighted by Gasteiger charge is 2.10. The monoisotopic (exact) mass is 308 g/mol. The number of nitrogens with zero attached hydrogens (tertiary/aromatic N) is 1. The fraction of sp³-hybridized carbons (Fsp3) is 0.412. The van der Waals surface area contributed by atoms with E-state index in [0.717, 1.165) is 24.9 Å². The molecule has 0 radical (unpaired) electrons. The maximum atomic E-state index is 13.3. The van der Waals surface area contributed by atoms with E-state index in [1.54, 1.807) is 6.07 Å². The average molecular weight is 309 g/mol. The van der Waals surface area contributed by atoms with Gasteiger partial charge in [-0.15, -0.1) is 0 Å². The van der Waals surface area contributed by atoms with E-state index < -0.39 is 0 Å². The van der Waals surface area contributed by atoms with Crippen molar-refractivity contribution in [2.75, 3.05) is 6.54 Å². The largest absolute Gasteiger partial charge is 0.350 e. The Morgan fingerprint density at radius 1 is 1.29 bits per heavy atom. The lowest BCUT2D eigenvalue weighted by atomic mass is 10.1. The van der Waals surface area contributed by atoms with Gasteiger partial charge in [-0.25, -0.2) is 4.39 Å². The molecule has 0 fully saturated rings. The van der Waals surface area contributed by atoms with E-state index in [1.807, 2.05) is 10.8 Å². The molecule has 1 aromatic heterocycles. The Balaban J connectivity index is 2.10. The van der Waals surface area contributed by atoms with Crippen molar-refractivity contribution in [2.45, 2.75) is 39.3 Å². The Kier molecular flexibility index (Phi) is 5.83. The van der Waals surface area contributed by atoms with Gasteiger partial charge in [0.15, 0.2) is 0 Å². The highest BCUT2D eigenvalue weighted by atomic mass is 35.5. The number of nitrogens with one attached hydrogen (secondary N) is 1. The molecule has 1 aromatic carbocycles. The van der Waals surface area contributed by atoms with Gasteiger partial charge in [0.1, 0.15) is 5.82 Å². The van der Waals surface area contributed by atoms with Gasteiger partial charge in [0, 0.05) is 30.0 Å². The first-order chi connectivity index (χ1) is 10.1. The number of aromatic nitrogens is 1. The molecule has 1 heterocycles. The minimum absolute atomic E-state index is 0.252. The van der Waals surface area contributed by atoms with Crippen LogP contribution in [-0.4, -0.2) is 11.1 Å². The second-order valence-corrected chi connectivity index (χ2v) is 5.68. The highest BCUT2D eigenvalue weighted by molar-refractivity contribution is 6.31. The zero-order chi connectivity index (χ0) is 15.2. The normalized spacial score (nSPS) is 12.6. The summed E-state index contributed by atoms with van der Waals surface area (Å²) in [6.07, 6.45) is 6.30. The second kappa shape index (κ2) is 7.62. The Hall–Kier alpha value is -1.32. The summed E-state index contributed by atoms with van der Waals surface area (Å²) in [5.41, 5.74) is 2.06. The van der Waals surface area contributed by atoms with Crippen LogP contribution in [0.25, 0.3) is 0 Å². The molecule has 1 N–H and O–H groups in total. The molecule has 0 amide bonds. The predicted octanol–water partition coefficient (Wildman–Crippen LogP) is 4.78. The first-order valence-electron chi connectivity index (χ1n) is 7.47. The predicted molar refractivity (Wildman–Crippen MR) is 86.3 cm³/mol. The molecule has 114 valence electrons. The van der Waals surface area contributed by atoms with E-state index in [2.05, 4.69) is 31.4 Å². The minimum atomic E-state index is -0.252. The number of hydrogen-bond acceptors (Lipinski definition) is 1. The molecular formula is C17H22ClFN2. The summed E-state index contributed by atoms with van der Waals surface area (Å²) in [4.78, 5) is 0. The fourth-order valence-electron chi connectivity index (χ4n) is 2.44. The lowest BCUT2D eigenvalue weighted by Crippen LogP contribution is -2.21. The summed E-state index contributed by atoms with van der Waals surface area (Å²) in [5, 5.41) is 4.13. The Labute approximate surface area is 130 Å². The van der Waals surface area contributed by atoms with E-state index in [4.69, 9.17) is 11.6 Å². The zero-order valence-electron chi connectivity index (χ0n) is 12.6. The van der Waals surface area contributed by atoms with Crippen molar-refractivity contribution in [3.8, 4) is 0 Å². The molecule has 2 aromatic rings. The van der Waals surface area contributed by atoms with Gasteiger partial charge < -0.3 is 9.88 Å². The van der Waals surface area contributed by atoms with Gasteiger partial charge in [-0.1, -0.05) is 25.4 Å². The Morgan fingerprint density at radius 3 is 2.81 bits per heavy atom. The quantitative estimate of drug-likeness (QED) is 0.779. The molecule has 2 nitrogen and oxygen atoms in total. The average Bonchev–Trinajstić information content (AvgIpc) is 2.92. The SMILES string of the molecule is CCCNC(CC)c1ccn(Cc2cc(F)ccc2Cl)c1. The molecule has 0 spiro atoms. The number of halogens is 2. The summed E-state index contributed by atoms with van der Waals surface area (Å²) >= 11 is 6.12. The van der Waals surface area contributed by atoms with Crippen molar-refractivity contribution in [3.05, 3.63) is 58.6 Å². The maximum Gasteiger partial charge on any atom is 0.123 e. The first-order valence-corrected chi connectivity index (χ1v) is 7.84. The van der Waals surface area contributed by atoms with Crippen molar-refractivity contribution in [3.63, 3.8) is 0 Å². The van der Waals surface area contributed by atoms with E-state index in [-0.39, 0.29) is 5.82 Å². The van der Waals surface area contributed by atoms with Crippen LogP contribution in [0.2, 0.25) is 5.02 Å². The van der Waals surface area contributed by atoms with Crippen LogP contribution in [0, 0.1) is 5.82 Å². The van der Waals surface area contributed by atoms with Crippen LogP contribution in [0.3, 0.4) is 0 Å². The molecule has 0 saturated carbocycles. The molecule has 0 bridgehead atoms. The van der Waals surface area contributed by atoms with E-state index >= 15 is 0 Å². The van der Waals surface area contributed by atoms with Crippen molar-refractivity contribution < 1.29 is 4.39 Å². The van der Waals surface area contributed by atoms with Crippen LogP contribution in [-0.2, 0) is 6.54 Å². The van der Waals surface area contributed by atoms with Crippen LogP contribution < -0.4 is 5.32 Å². The number of hydrogen-bond donors (Lipinski definition) is 1. The Morgan fingerprint density at radius 2 is 2.10 bits per heavy atom. The summed E-state index contributed by atoms with van der Waals surface area (Å²) in [6, 6.07) is 6.97. The van der Waals surface area contributed by atoms with Gasteiger partial charge in [-0.3, -0.25) is 0 Å². The molecule has 1 unspecified atom stereocenters. The molecule has 4 heteroatoms. The summed E-state index contributed by atoms with van der Waals surface area (Å²) in [7, 11) is 0. The first kappa shape index (κ1) is 16.1. The van der Waals surface area contributed by atoms with Gasteiger partial charge in [-0.05, 0) is 54.8 Å². The molecule has 0 aliphatic rings. The highest BCUT2D eigenvalue weighted by Crippen LogP contribution is 2.21. The topological polar surface area (TPSA) is 17.0 Å². The third-order valence-electron chi connectivity index (χ3n) is 3.59. The van der Waals surface area contributed by atoms with Crippen molar-refractivity contribution in [1.29, 1.82) is 0 Å². The molecule has 0 aliphatic heterocycles. The molecule has 0 aliphatic carbocycles. The second-order valence-electron chi connectivity index (χ2n) is 5.27. The van der Waals surface area contributed by atoms with Gasteiger partial charge in [0.2, 0.25) is 0 Å². The summed E-state index contributed by atoms with van der Waals surface area (Å²) in [5.74, 6) is -0.252. The summed E-state index contributed by atoms with van der Waals surface area (Å²) in [6.45, 7) is 5.94. The molecular weight excluding hydrogens is 287 g/mol. The van der Waals surface area contributed by atoms with E-state index in [9.17, 15) is 4.39 Å². The third kappa shape index (κ3) is 4.32. The van der Waals surface area contributed by atoms with Crippen LogP contribution in [0.15, 0.2) is 36.7 Å². The third-order valence-corrected chi connectivity index (χ3v) is 3.95. The van der Waals surface area contributed by atoms with Crippen LogP contribution in [0.4, 0.5) is 4.39 Å². The number of rotatable bonds is 7. The fourth-order valence-corrected chi connectivity index (χ4v) is 2.62. The smallest absolute Gasteiger partial charge is 0.123 e. The standard InChI is InChI=1S/C17H22ClFN2/c1-3-8-20-17(4-2)13-7-9-21(11-13)12-14-10-15(19)5-6-16(14)18/h5-7,9-11,17,20H,3-4,8,12H2,1-2H3.